The third kappa shape index (κ3) is 3.22. The molecular formula is C20H25N3O2. The van der Waals surface area contributed by atoms with Crippen molar-refractivity contribution in [3.8, 4) is 0 Å². The zero-order valence-corrected chi connectivity index (χ0v) is 14.9. The van der Waals surface area contributed by atoms with E-state index in [-0.39, 0.29) is 6.10 Å². The Morgan fingerprint density at radius 1 is 1.32 bits per heavy atom. The number of hydrogen-bond acceptors (Lipinski definition) is 4. The highest BCUT2D eigenvalue weighted by molar-refractivity contribution is 5.82. The van der Waals surface area contributed by atoms with Gasteiger partial charge in [0.05, 0.1) is 12.3 Å². The van der Waals surface area contributed by atoms with Gasteiger partial charge in [0.2, 0.25) is 0 Å². The summed E-state index contributed by atoms with van der Waals surface area (Å²) in [5, 5.41) is 9.13. The second-order valence-corrected chi connectivity index (χ2v) is 6.77. The van der Waals surface area contributed by atoms with Gasteiger partial charge in [-0.1, -0.05) is 25.1 Å². The molecule has 132 valence electrons. The molecule has 3 heterocycles. The van der Waals surface area contributed by atoms with Gasteiger partial charge in [-0.05, 0) is 12.5 Å². The van der Waals surface area contributed by atoms with E-state index in [0.717, 1.165) is 43.9 Å². The lowest BCUT2D eigenvalue weighted by Gasteiger charge is -2.18. The van der Waals surface area contributed by atoms with E-state index in [1.165, 1.54) is 16.5 Å². The maximum absolute atomic E-state index is 5.99. The van der Waals surface area contributed by atoms with Crippen LogP contribution in [-0.4, -0.2) is 22.9 Å². The fourth-order valence-electron chi connectivity index (χ4n) is 3.81. The first-order valence-electron chi connectivity index (χ1n) is 9.06. The Morgan fingerprint density at radius 3 is 3.00 bits per heavy atom. The molecule has 0 amide bonds. The third-order valence-electron chi connectivity index (χ3n) is 5.08. The van der Waals surface area contributed by atoms with Gasteiger partial charge in [-0.25, -0.2) is 0 Å². The van der Waals surface area contributed by atoms with E-state index < -0.39 is 0 Å². The molecule has 0 aliphatic carbocycles. The van der Waals surface area contributed by atoms with Crippen LogP contribution in [0.15, 0.2) is 41.1 Å². The van der Waals surface area contributed by atoms with Gasteiger partial charge in [0.15, 0.2) is 0 Å². The summed E-state index contributed by atoms with van der Waals surface area (Å²) in [6.07, 6.45) is 6.12. The van der Waals surface area contributed by atoms with Gasteiger partial charge in [-0.15, -0.1) is 0 Å². The van der Waals surface area contributed by atoms with Crippen molar-refractivity contribution in [3.05, 3.63) is 53.5 Å². The van der Waals surface area contributed by atoms with Crippen molar-refractivity contribution in [3.63, 3.8) is 0 Å². The van der Waals surface area contributed by atoms with E-state index in [0.29, 0.717) is 5.92 Å². The summed E-state index contributed by atoms with van der Waals surface area (Å²) in [4.78, 5) is 0. The Kier molecular flexibility index (Phi) is 4.59. The molecule has 2 aromatic heterocycles. The quantitative estimate of drug-likeness (QED) is 0.745. The van der Waals surface area contributed by atoms with Gasteiger partial charge >= 0.3 is 0 Å². The minimum Gasteiger partial charge on any atom is -0.461 e. The maximum Gasteiger partial charge on any atom is 0.134 e. The SMILES string of the molecule is CCc1oc2ccccc2c1CNC[C@@H]1CCO[C@H]1c1cnn(C)c1. The fraction of sp³-hybridized carbons (Fsp3) is 0.450. The van der Waals surface area contributed by atoms with E-state index in [1.54, 1.807) is 0 Å². The molecule has 2 atom stereocenters. The molecule has 5 nitrogen and oxygen atoms in total. The number of nitrogens with zero attached hydrogens (tertiary/aromatic N) is 2. The maximum atomic E-state index is 5.99. The third-order valence-corrected chi connectivity index (χ3v) is 5.08. The number of aryl methyl sites for hydroxylation is 2. The summed E-state index contributed by atoms with van der Waals surface area (Å²) >= 11 is 0. The summed E-state index contributed by atoms with van der Waals surface area (Å²) in [6, 6.07) is 8.29. The number of benzene rings is 1. The van der Waals surface area contributed by atoms with Gasteiger partial charge in [-0.2, -0.15) is 5.10 Å². The van der Waals surface area contributed by atoms with E-state index in [4.69, 9.17) is 9.15 Å². The van der Waals surface area contributed by atoms with Crippen molar-refractivity contribution in [2.75, 3.05) is 13.2 Å². The normalized spacial score (nSPS) is 20.6. The van der Waals surface area contributed by atoms with Crippen LogP contribution in [0.4, 0.5) is 0 Å². The lowest BCUT2D eigenvalue weighted by molar-refractivity contribution is 0.0904. The highest BCUT2D eigenvalue weighted by Gasteiger charge is 2.30. The molecule has 1 aliphatic heterocycles. The Hall–Kier alpha value is -2.11. The first-order valence-corrected chi connectivity index (χ1v) is 9.06. The smallest absolute Gasteiger partial charge is 0.134 e. The summed E-state index contributed by atoms with van der Waals surface area (Å²) in [5.41, 5.74) is 3.44. The van der Waals surface area contributed by atoms with E-state index >= 15 is 0 Å². The number of furan rings is 1. The first-order chi connectivity index (χ1) is 12.3. The number of rotatable bonds is 6. The Morgan fingerprint density at radius 2 is 2.20 bits per heavy atom. The van der Waals surface area contributed by atoms with Gasteiger partial charge in [0.25, 0.3) is 0 Å². The average molecular weight is 339 g/mol. The van der Waals surface area contributed by atoms with Gasteiger partial charge in [-0.3, -0.25) is 4.68 Å². The molecule has 3 aromatic rings. The highest BCUT2D eigenvalue weighted by atomic mass is 16.5. The first kappa shape index (κ1) is 16.4. The van der Waals surface area contributed by atoms with Crippen LogP contribution in [0, 0.1) is 5.92 Å². The number of fused-ring (bicyclic) bond motifs is 1. The lowest BCUT2D eigenvalue weighted by Crippen LogP contribution is -2.24. The van der Waals surface area contributed by atoms with Crippen LogP contribution < -0.4 is 5.32 Å². The molecule has 1 N–H and O–H groups in total. The van der Waals surface area contributed by atoms with Crippen molar-refractivity contribution in [2.24, 2.45) is 13.0 Å². The molecule has 0 saturated carbocycles. The molecule has 4 rings (SSSR count). The molecule has 1 aliphatic rings. The molecule has 1 saturated heterocycles. The lowest BCUT2D eigenvalue weighted by atomic mass is 9.97. The molecular weight excluding hydrogens is 314 g/mol. The standard InChI is InChI=1S/C20H25N3O2/c1-3-18-17(16-6-4-5-7-19(16)25-18)12-21-10-14-8-9-24-20(14)15-11-22-23(2)13-15/h4-7,11,13-14,20-21H,3,8-10,12H2,1-2H3/t14-,20+/m0/s1. The van der Waals surface area contributed by atoms with Crippen LogP contribution in [-0.2, 0) is 24.8 Å². The average Bonchev–Trinajstić information content (AvgIpc) is 3.33. The minimum atomic E-state index is 0.146. The molecule has 0 spiro atoms. The molecule has 0 radical (unpaired) electrons. The van der Waals surface area contributed by atoms with Crippen LogP contribution >= 0.6 is 0 Å². The summed E-state index contributed by atoms with van der Waals surface area (Å²) in [7, 11) is 1.95. The number of para-hydroxylation sites is 1. The Labute approximate surface area is 148 Å². The Bertz CT molecular complexity index is 852. The van der Waals surface area contributed by atoms with Crippen molar-refractivity contribution in [1.82, 2.24) is 15.1 Å². The number of aromatic nitrogens is 2. The predicted molar refractivity (Wildman–Crippen MR) is 97.3 cm³/mol. The van der Waals surface area contributed by atoms with E-state index in [9.17, 15) is 0 Å². The van der Waals surface area contributed by atoms with Crippen LogP contribution in [0.1, 0.15) is 36.3 Å². The topological polar surface area (TPSA) is 52.2 Å². The van der Waals surface area contributed by atoms with E-state index in [2.05, 4.69) is 35.7 Å². The molecule has 25 heavy (non-hydrogen) atoms. The number of ether oxygens (including phenoxy) is 1. The minimum absolute atomic E-state index is 0.146. The zero-order chi connectivity index (χ0) is 17.2. The molecule has 0 unspecified atom stereocenters. The van der Waals surface area contributed by atoms with Crippen LogP contribution in [0.25, 0.3) is 11.0 Å². The highest BCUT2D eigenvalue weighted by Crippen LogP contribution is 2.34. The predicted octanol–water partition coefficient (Wildman–Crippen LogP) is 3.60. The molecule has 1 fully saturated rings. The number of nitrogens with one attached hydrogen (secondary N) is 1. The van der Waals surface area contributed by atoms with Crippen LogP contribution in [0.3, 0.4) is 0 Å². The molecule has 0 bridgehead atoms. The summed E-state index contributed by atoms with van der Waals surface area (Å²) in [6.45, 7) is 4.73. The van der Waals surface area contributed by atoms with Crippen molar-refractivity contribution >= 4 is 11.0 Å². The van der Waals surface area contributed by atoms with Crippen molar-refractivity contribution in [2.45, 2.75) is 32.4 Å². The van der Waals surface area contributed by atoms with Gasteiger partial charge in [0, 0.05) is 61.8 Å². The summed E-state index contributed by atoms with van der Waals surface area (Å²) < 4.78 is 13.8. The second kappa shape index (κ2) is 7.02. The van der Waals surface area contributed by atoms with Crippen molar-refractivity contribution in [1.29, 1.82) is 0 Å². The van der Waals surface area contributed by atoms with Gasteiger partial charge in [0.1, 0.15) is 11.3 Å². The van der Waals surface area contributed by atoms with Crippen LogP contribution in [0.5, 0.6) is 0 Å². The number of hydrogen-bond donors (Lipinski definition) is 1. The largest absolute Gasteiger partial charge is 0.461 e. The molecule has 1 aromatic carbocycles. The van der Waals surface area contributed by atoms with Crippen molar-refractivity contribution < 1.29 is 9.15 Å². The summed E-state index contributed by atoms with van der Waals surface area (Å²) in [5.74, 6) is 1.56. The zero-order valence-electron chi connectivity index (χ0n) is 14.9. The monoisotopic (exact) mass is 339 g/mol. The van der Waals surface area contributed by atoms with Crippen LogP contribution in [0.2, 0.25) is 0 Å². The van der Waals surface area contributed by atoms with E-state index in [1.807, 2.05) is 30.1 Å². The van der Waals surface area contributed by atoms with Gasteiger partial charge < -0.3 is 14.5 Å². The molecule has 5 heteroatoms. The second-order valence-electron chi connectivity index (χ2n) is 6.77. The fourth-order valence-corrected chi connectivity index (χ4v) is 3.81. The Balaban J connectivity index is 1.44.